The summed E-state index contributed by atoms with van der Waals surface area (Å²) < 4.78 is 11.3. The third-order valence-corrected chi connectivity index (χ3v) is 5.02. The Morgan fingerprint density at radius 2 is 1.81 bits per heavy atom. The summed E-state index contributed by atoms with van der Waals surface area (Å²) in [6.45, 7) is 0. The van der Waals surface area contributed by atoms with Crippen molar-refractivity contribution in [2.24, 2.45) is 4.99 Å². The molecule has 0 spiro atoms. The number of aromatic carboxylic acids is 1. The number of ether oxygens (including phenoxy) is 2. The Balaban J connectivity index is 1.75. The quantitative estimate of drug-likeness (QED) is 0.176. The lowest BCUT2D eigenvalue weighted by Crippen LogP contribution is -2.06. The molecule has 6 nitrogen and oxygen atoms in total. The minimum atomic E-state index is -0.998. The van der Waals surface area contributed by atoms with E-state index in [9.17, 15) is 9.59 Å². The van der Waals surface area contributed by atoms with E-state index in [1.165, 1.54) is 25.3 Å². The number of nitrogens with zero attached hydrogens (tertiary/aromatic N) is 1. The van der Waals surface area contributed by atoms with Gasteiger partial charge in [0.1, 0.15) is 0 Å². The zero-order valence-corrected chi connectivity index (χ0v) is 19.1. The van der Waals surface area contributed by atoms with Crippen LogP contribution in [-0.2, 0) is 4.79 Å². The van der Waals surface area contributed by atoms with Crippen LogP contribution < -0.4 is 9.47 Å². The van der Waals surface area contributed by atoms with E-state index in [0.717, 1.165) is 5.56 Å². The van der Waals surface area contributed by atoms with E-state index in [1.54, 1.807) is 54.8 Å². The second-order valence-corrected chi connectivity index (χ2v) is 7.74. The number of methoxy groups -OCH3 is 1. The number of hydrogen-bond donors (Lipinski definition) is 1. The number of aliphatic imine (C=N–C) groups is 1. The van der Waals surface area contributed by atoms with E-state index < -0.39 is 11.9 Å². The highest BCUT2D eigenvalue weighted by atomic mass is 79.9. The van der Waals surface area contributed by atoms with Crippen LogP contribution in [-0.4, -0.2) is 30.4 Å². The Morgan fingerprint density at radius 1 is 1.06 bits per heavy atom. The molecule has 0 saturated carbocycles. The number of esters is 1. The molecule has 0 aliphatic heterocycles. The van der Waals surface area contributed by atoms with Gasteiger partial charge in [0, 0.05) is 17.3 Å². The fraction of sp³-hybridized carbons (Fsp3) is 0.0417. The maximum atomic E-state index is 12.3. The summed E-state index contributed by atoms with van der Waals surface area (Å²) in [4.78, 5) is 27.5. The van der Waals surface area contributed by atoms with Crippen molar-refractivity contribution in [2.45, 2.75) is 0 Å². The summed E-state index contributed by atoms with van der Waals surface area (Å²) in [7, 11) is 1.46. The first-order chi connectivity index (χ1) is 15.4. The van der Waals surface area contributed by atoms with Gasteiger partial charge >= 0.3 is 11.9 Å². The molecule has 1 N–H and O–H groups in total. The van der Waals surface area contributed by atoms with E-state index in [0.29, 0.717) is 26.5 Å². The average Bonchev–Trinajstić information content (AvgIpc) is 2.78. The summed E-state index contributed by atoms with van der Waals surface area (Å²) in [5.74, 6) is -1.01. The van der Waals surface area contributed by atoms with Crippen LogP contribution in [0.25, 0.3) is 6.08 Å². The zero-order chi connectivity index (χ0) is 23.1. The van der Waals surface area contributed by atoms with Gasteiger partial charge in [0.25, 0.3) is 0 Å². The number of carbonyl (C=O) groups excluding carboxylic acids is 1. The number of carbonyl (C=O) groups is 2. The standard InChI is InChI=1S/C24H17BrClNO5/c1-31-21-13-16(14-27-19-8-6-17(7-9-19)24(29)30)12-20(25)23(21)32-22(28)10-5-15-3-2-4-18(26)11-15/h2-14H,1H3,(H,29,30)/b10-5+,27-14?. The molecule has 0 aliphatic carbocycles. The summed E-state index contributed by atoms with van der Waals surface area (Å²) in [5, 5.41) is 9.53. The van der Waals surface area contributed by atoms with Gasteiger partial charge in [-0.15, -0.1) is 0 Å². The van der Waals surface area contributed by atoms with E-state index in [4.69, 9.17) is 26.2 Å². The maximum Gasteiger partial charge on any atom is 0.336 e. The fourth-order valence-corrected chi connectivity index (χ4v) is 3.40. The van der Waals surface area contributed by atoms with Gasteiger partial charge < -0.3 is 14.6 Å². The van der Waals surface area contributed by atoms with Crippen LogP contribution in [0.15, 0.2) is 76.2 Å². The minimum Gasteiger partial charge on any atom is -0.493 e. The van der Waals surface area contributed by atoms with E-state index in [2.05, 4.69) is 20.9 Å². The van der Waals surface area contributed by atoms with Gasteiger partial charge in [-0.05, 0) is 81.7 Å². The molecule has 0 aliphatic rings. The fourth-order valence-electron chi connectivity index (χ4n) is 2.66. The molecule has 0 amide bonds. The van der Waals surface area contributed by atoms with Gasteiger partial charge in [0.15, 0.2) is 11.5 Å². The molecule has 3 rings (SSSR count). The Kier molecular flexibility index (Phi) is 7.81. The van der Waals surface area contributed by atoms with Crippen LogP contribution in [0.5, 0.6) is 11.5 Å². The zero-order valence-electron chi connectivity index (χ0n) is 16.8. The van der Waals surface area contributed by atoms with Crippen LogP contribution >= 0.6 is 27.5 Å². The number of rotatable bonds is 7. The molecule has 0 unspecified atom stereocenters. The number of halogens is 2. The van der Waals surface area contributed by atoms with Gasteiger partial charge in [-0.3, -0.25) is 4.99 Å². The highest BCUT2D eigenvalue weighted by Gasteiger charge is 2.14. The van der Waals surface area contributed by atoms with Gasteiger partial charge in [0.05, 0.1) is 22.8 Å². The normalized spacial score (nSPS) is 11.1. The molecule has 3 aromatic rings. The van der Waals surface area contributed by atoms with Crippen LogP contribution in [0.4, 0.5) is 5.69 Å². The smallest absolute Gasteiger partial charge is 0.336 e. The Labute approximate surface area is 197 Å². The first-order valence-corrected chi connectivity index (χ1v) is 10.4. The average molecular weight is 515 g/mol. The monoisotopic (exact) mass is 513 g/mol. The molecule has 0 radical (unpaired) electrons. The van der Waals surface area contributed by atoms with Gasteiger partial charge in [-0.2, -0.15) is 0 Å². The van der Waals surface area contributed by atoms with E-state index in [-0.39, 0.29) is 11.3 Å². The molecule has 3 aromatic carbocycles. The Bertz CT molecular complexity index is 1210. The Hall–Kier alpha value is -3.42. The predicted octanol–water partition coefficient (Wildman–Crippen LogP) is 6.18. The molecule has 162 valence electrons. The number of carboxylic acid groups (broad SMARTS) is 1. The van der Waals surface area contributed by atoms with Crippen molar-refractivity contribution in [1.82, 2.24) is 0 Å². The minimum absolute atomic E-state index is 0.184. The molecule has 32 heavy (non-hydrogen) atoms. The van der Waals surface area contributed by atoms with Crippen molar-refractivity contribution in [3.05, 3.63) is 92.9 Å². The topological polar surface area (TPSA) is 85.2 Å². The van der Waals surface area contributed by atoms with Crippen LogP contribution in [0, 0.1) is 0 Å². The lowest BCUT2D eigenvalue weighted by molar-refractivity contribution is -0.129. The summed E-state index contributed by atoms with van der Waals surface area (Å²) in [6, 6.07) is 16.6. The van der Waals surface area contributed by atoms with Crippen molar-refractivity contribution in [3.8, 4) is 11.5 Å². The molecule has 0 fully saturated rings. The van der Waals surface area contributed by atoms with Crippen LogP contribution in [0.2, 0.25) is 5.02 Å². The lowest BCUT2D eigenvalue weighted by atomic mass is 10.2. The van der Waals surface area contributed by atoms with Gasteiger partial charge in [-0.1, -0.05) is 23.7 Å². The van der Waals surface area contributed by atoms with E-state index >= 15 is 0 Å². The third kappa shape index (κ3) is 6.29. The first kappa shape index (κ1) is 23.2. The molecular weight excluding hydrogens is 498 g/mol. The van der Waals surface area contributed by atoms with Crippen molar-refractivity contribution >= 4 is 57.4 Å². The third-order valence-electron chi connectivity index (χ3n) is 4.19. The van der Waals surface area contributed by atoms with Crippen molar-refractivity contribution in [1.29, 1.82) is 0 Å². The molecule has 8 heteroatoms. The molecular formula is C24H17BrClNO5. The Morgan fingerprint density at radius 3 is 2.47 bits per heavy atom. The first-order valence-electron chi connectivity index (χ1n) is 9.26. The molecule has 0 atom stereocenters. The van der Waals surface area contributed by atoms with Crippen molar-refractivity contribution in [2.75, 3.05) is 7.11 Å². The number of benzene rings is 3. The largest absolute Gasteiger partial charge is 0.493 e. The second-order valence-electron chi connectivity index (χ2n) is 6.45. The van der Waals surface area contributed by atoms with Crippen molar-refractivity contribution < 1.29 is 24.2 Å². The molecule has 0 aromatic heterocycles. The van der Waals surface area contributed by atoms with Gasteiger partial charge in [0.2, 0.25) is 0 Å². The summed E-state index contributed by atoms with van der Waals surface area (Å²) in [6.07, 6.45) is 4.49. The molecule has 0 heterocycles. The molecule has 0 bridgehead atoms. The maximum absolute atomic E-state index is 12.3. The SMILES string of the molecule is COc1cc(C=Nc2ccc(C(=O)O)cc2)cc(Br)c1OC(=O)/C=C/c1cccc(Cl)c1. The van der Waals surface area contributed by atoms with Crippen LogP contribution in [0.3, 0.4) is 0 Å². The number of carboxylic acids is 1. The lowest BCUT2D eigenvalue weighted by Gasteiger charge is -2.11. The summed E-state index contributed by atoms with van der Waals surface area (Å²) in [5.41, 5.74) is 2.23. The highest BCUT2D eigenvalue weighted by molar-refractivity contribution is 9.10. The van der Waals surface area contributed by atoms with Crippen LogP contribution in [0.1, 0.15) is 21.5 Å². The summed E-state index contributed by atoms with van der Waals surface area (Å²) >= 11 is 9.34. The highest BCUT2D eigenvalue weighted by Crippen LogP contribution is 2.36. The predicted molar refractivity (Wildman–Crippen MR) is 127 cm³/mol. The van der Waals surface area contributed by atoms with Gasteiger partial charge in [-0.25, -0.2) is 9.59 Å². The second kappa shape index (κ2) is 10.7. The van der Waals surface area contributed by atoms with E-state index in [1.807, 2.05) is 6.07 Å². The molecule has 0 saturated heterocycles. The number of hydrogen-bond acceptors (Lipinski definition) is 5. The van der Waals surface area contributed by atoms with Crippen molar-refractivity contribution in [3.63, 3.8) is 0 Å².